The molecule has 2 aromatic rings. The van der Waals surface area contributed by atoms with Gasteiger partial charge in [0.15, 0.2) is 0 Å². The van der Waals surface area contributed by atoms with Crippen LogP contribution < -0.4 is 10.2 Å². The minimum absolute atomic E-state index is 0.147. The Kier molecular flexibility index (Phi) is 6.86. The second-order valence-corrected chi connectivity index (χ2v) is 11.0. The highest BCUT2D eigenvalue weighted by Crippen LogP contribution is 2.25. The summed E-state index contributed by atoms with van der Waals surface area (Å²) in [5.74, 6) is 0.590. The fourth-order valence-electron chi connectivity index (χ4n) is 4.46. The third kappa shape index (κ3) is 4.99. The lowest BCUT2D eigenvalue weighted by Gasteiger charge is -2.32. The Bertz CT molecular complexity index is 1020. The Morgan fingerprint density at radius 1 is 0.938 bits per heavy atom. The second-order valence-electron chi connectivity index (χ2n) is 9.09. The summed E-state index contributed by atoms with van der Waals surface area (Å²) in [6.07, 6.45) is 4.25. The van der Waals surface area contributed by atoms with Crippen LogP contribution in [-0.4, -0.2) is 44.8 Å². The number of anilines is 1. The molecule has 172 valence electrons. The van der Waals surface area contributed by atoms with Crippen LogP contribution in [0.5, 0.6) is 0 Å². The lowest BCUT2D eigenvalue weighted by atomic mass is 9.98. The van der Waals surface area contributed by atoms with Gasteiger partial charge in [-0.1, -0.05) is 19.1 Å². The molecule has 0 unspecified atom stereocenters. The number of rotatable bonds is 6. The maximum absolute atomic E-state index is 12.7. The predicted molar refractivity (Wildman–Crippen MR) is 127 cm³/mol. The number of carbonyl (C=O) groups is 1. The van der Waals surface area contributed by atoms with Gasteiger partial charge in [-0.15, -0.1) is 0 Å². The zero-order chi connectivity index (χ0) is 22.7. The van der Waals surface area contributed by atoms with Crippen molar-refractivity contribution in [1.29, 1.82) is 0 Å². The van der Waals surface area contributed by atoms with Gasteiger partial charge in [0.1, 0.15) is 0 Å². The summed E-state index contributed by atoms with van der Waals surface area (Å²) in [4.78, 5) is 15.4. The number of amides is 1. The number of carbonyl (C=O) groups excluding carboxylic acids is 1. The van der Waals surface area contributed by atoms with Crippen LogP contribution >= 0.6 is 0 Å². The van der Waals surface area contributed by atoms with Crippen molar-refractivity contribution in [1.82, 2.24) is 9.62 Å². The van der Waals surface area contributed by atoms with Crippen molar-refractivity contribution >= 4 is 21.6 Å². The molecule has 0 aliphatic carbocycles. The van der Waals surface area contributed by atoms with Crippen LogP contribution in [0.3, 0.4) is 0 Å². The van der Waals surface area contributed by atoms with Crippen molar-refractivity contribution < 1.29 is 13.2 Å². The van der Waals surface area contributed by atoms with Gasteiger partial charge in [-0.05, 0) is 80.5 Å². The summed E-state index contributed by atoms with van der Waals surface area (Å²) < 4.78 is 26.8. The monoisotopic (exact) mass is 455 g/mol. The van der Waals surface area contributed by atoms with Crippen molar-refractivity contribution in [2.24, 2.45) is 5.92 Å². The van der Waals surface area contributed by atoms with E-state index in [-0.39, 0.29) is 16.8 Å². The molecule has 2 heterocycles. The molecule has 2 aliphatic heterocycles. The molecule has 0 bridgehead atoms. The van der Waals surface area contributed by atoms with E-state index >= 15 is 0 Å². The summed E-state index contributed by atoms with van der Waals surface area (Å²) >= 11 is 0. The van der Waals surface area contributed by atoms with Gasteiger partial charge in [-0.25, -0.2) is 8.42 Å². The molecular formula is C25H33N3O3S. The van der Waals surface area contributed by atoms with Crippen LogP contribution in [0.25, 0.3) is 0 Å². The topological polar surface area (TPSA) is 69.7 Å². The Morgan fingerprint density at radius 3 is 2.12 bits per heavy atom. The summed E-state index contributed by atoms with van der Waals surface area (Å²) in [7, 11) is -3.47. The van der Waals surface area contributed by atoms with Gasteiger partial charge in [0.2, 0.25) is 10.0 Å². The molecule has 0 saturated carbocycles. The zero-order valence-corrected chi connectivity index (χ0v) is 19.8. The molecule has 4 rings (SSSR count). The molecule has 1 amide bonds. The molecule has 0 spiro atoms. The van der Waals surface area contributed by atoms with Crippen LogP contribution in [0, 0.1) is 5.92 Å². The first kappa shape index (κ1) is 22.8. The fraction of sp³-hybridized carbons (Fsp3) is 0.480. The van der Waals surface area contributed by atoms with E-state index < -0.39 is 10.0 Å². The zero-order valence-electron chi connectivity index (χ0n) is 19.0. The van der Waals surface area contributed by atoms with Crippen LogP contribution in [-0.2, 0) is 10.0 Å². The third-order valence-electron chi connectivity index (χ3n) is 6.71. The predicted octanol–water partition coefficient (Wildman–Crippen LogP) is 4.20. The van der Waals surface area contributed by atoms with Crippen molar-refractivity contribution in [3.05, 3.63) is 59.7 Å². The number of hydrogen-bond acceptors (Lipinski definition) is 4. The van der Waals surface area contributed by atoms with Crippen LogP contribution in [0.1, 0.15) is 61.5 Å². The molecule has 7 heteroatoms. The summed E-state index contributed by atoms with van der Waals surface area (Å²) in [6, 6.07) is 14.5. The van der Waals surface area contributed by atoms with Crippen molar-refractivity contribution in [2.45, 2.75) is 50.5 Å². The molecule has 1 N–H and O–H groups in total. The second kappa shape index (κ2) is 9.63. The van der Waals surface area contributed by atoms with Crippen molar-refractivity contribution in [3.63, 3.8) is 0 Å². The smallest absolute Gasteiger partial charge is 0.251 e. The number of nitrogens with one attached hydrogen (secondary N) is 1. The first-order valence-electron chi connectivity index (χ1n) is 11.6. The number of benzene rings is 2. The molecule has 0 aromatic heterocycles. The molecular weight excluding hydrogens is 422 g/mol. The molecule has 2 aromatic carbocycles. The molecule has 2 saturated heterocycles. The standard InChI is InChI=1S/C25H33N3O3S/c1-19-13-17-27(18-14-19)23-9-5-21(6-10-23)20(2)26-25(29)22-7-11-24(12-8-22)32(30,31)28-15-3-4-16-28/h5-12,19-20H,3-4,13-18H2,1-2H3,(H,26,29)/t20-/m0/s1. The van der Waals surface area contributed by atoms with E-state index in [1.54, 1.807) is 12.1 Å². The van der Waals surface area contributed by atoms with E-state index in [0.717, 1.165) is 37.4 Å². The van der Waals surface area contributed by atoms with E-state index in [9.17, 15) is 13.2 Å². The Hall–Kier alpha value is -2.38. The lowest BCUT2D eigenvalue weighted by Crippen LogP contribution is -2.32. The minimum atomic E-state index is -3.47. The lowest BCUT2D eigenvalue weighted by molar-refractivity contribution is 0.0940. The highest BCUT2D eigenvalue weighted by molar-refractivity contribution is 7.89. The van der Waals surface area contributed by atoms with Gasteiger partial charge in [0.05, 0.1) is 10.9 Å². The largest absolute Gasteiger partial charge is 0.372 e. The van der Waals surface area contributed by atoms with Crippen LogP contribution in [0.4, 0.5) is 5.69 Å². The van der Waals surface area contributed by atoms with Gasteiger partial charge < -0.3 is 10.2 Å². The minimum Gasteiger partial charge on any atom is -0.372 e. The average molecular weight is 456 g/mol. The highest BCUT2D eigenvalue weighted by atomic mass is 32.2. The van der Waals surface area contributed by atoms with E-state index in [0.29, 0.717) is 18.7 Å². The third-order valence-corrected chi connectivity index (χ3v) is 8.62. The fourth-order valence-corrected chi connectivity index (χ4v) is 5.98. The first-order chi connectivity index (χ1) is 15.3. The molecule has 32 heavy (non-hydrogen) atoms. The van der Waals surface area contributed by atoms with Crippen LogP contribution in [0.2, 0.25) is 0 Å². The average Bonchev–Trinajstić information content (AvgIpc) is 3.36. The van der Waals surface area contributed by atoms with Crippen LogP contribution in [0.15, 0.2) is 53.4 Å². The normalized spacial score (nSPS) is 19.1. The maximum Gasteiger partial charge on any atom is 0.251 e. The molecule has 2 fully saturated rings. The van der Waals surface area contributed by atoms with Gasteiger partial charge in [-0.2, -0.15) is 4.31 Å². The first-order valence-corrected chi connectivity index (χ1v) is 13.0. The van der Waals surface area contributed by atoms with Gasteiger partial charge in [-0.3, -0.25) is 4.79 Å². The van der Waals surface area contributed by atoms with Gasteiger partial charge in [0.25, 0.3) is 5.91 Å². The number of sulfonamides is 1. The molecule has 1 atom stereocenters. The maximum atomic E-state index is 12.7. The highest BCUT2D eigenvalue weighted by Gasteiger charge is 2.27. The molecule has 6 nitrogen and oxygen atoms in total. The van der Waals surface area contributed by atoms with Crippen molar-refractivity contribution in [3.8, 4) is 0 Å². The summed E-state index contributed by atoms with van der Waals surface area (Å²) in [5.41, 5.74) is 2.73. The molecule has 0 radical (unpaired) electrons. The van der Waals surface area contributed by atoms with E-state index in [2.05, 4.69) is 41.4 Å². The number of nitrogens with zero attached hydrogens (tertiary/aromatic N) is 2. The Labute approximate surface area is 191 Å². The number of piperidine rings is 1. The SMILES string of the molecule is CC1CCN(c2ccc([C@H](C)NC(=O)c3ccc(S(=O)(=O)N4CCCC4)cc3)cc2)CC1. The number of hydrogen-bond donors (Lipinski definition) is 1. The van der Waals surface area contributed by atoms with Gasteiger partial charge >= 0.3 is 0 Å². The summed E-state index contributed by atoms with van der Waals surface area (Å²) in [6.45, 7) is 7.59. The van der Waals surface area contributed by atoms with E-state index in [1.165, 1.54) is 35.0 Å². The van der Waals surface area contributed by atoms with E-state index in [1.807, 2.05) is 6.92 Å². The summed E-state index contributed by atoms with van der Waals surface area (Å²) in [5, 5.41) is 3.02. The van der Waals surface area contributed by atoms with Crippen molar-refractivity contribution in [2.75, 3.05) is 31.1 Å². The van der Waals surface area contributed by atoms with Gasteiger partial charge in [0, 0.05) is 37.4 Å². The Morgan fingerprint density at radius 2 is 1.53 bits per heavy atom. The molecule has 2 aliphatic rings. The quantitative estimate of drug-likeness (QED) is 0.709. The Balaban J connectivity index is 1.37. The van der Waals surface area contributed by atoms with E-state index in [4.69, 9.17) is 0 Å².